The Morgan fingerprint density at radius 1 is 1.40 bits per heavy atom. The molecule has 84 valence electrons. The number of benzene rings is 1. The van der Waals surface area contributed by atoms with Crippen LogP contribution in [0.25, 0.3) is 0 Å². The highest BCUT2D eigenvalue weighted by Crippen LogP contribution is 2.23. The molecule has 0 amide bonds. The molecule has 1 rings (SSSR count). The predicted molar refractivity (Wildman–Crippen MR) is 63.0 cm³/mol. The fourth-order valence-corrected chi connectivity index (χ4v) is 1.68. The van der Waals surface area contributed by atoms with Crippen LogP contribution in [0.4, 0.5) is 4.39 Å². The van der Waals surface area contributed by atoms with Gasteiger partial charge in [-0.2, -0.15) is 0 Å². The minimum atomic E-state index is -0.344. The van der Waals surface area contributed by atoms with Crippen molar-refractivity contribution in [3.8, 4) is 5.75 Å². The molecule has 1 aromatic carbocycles. The molecule has 2 nitrogen and oxygen atoms in total. The van der Waals surface area contributed by atoms with Gasteiger partial charge in [-0.3, -0.25) is 4.39 Å². The van der Waals surface area contributed by atoms with Crippen molar-refractivity contribution in [3.63, 3.8) is 0 Å². The number of ether oxygens (including phenoxy) is 1. The van der Waals surface area contributed by atoms with Gasteiger partial charge < -0.3 is 10.5 Å². The fraction of sp³-hybridized carbons (Fsp3) is 0.455. The fourth-order valence-electron chi connectivity index (χ4n) is 1.28. The van der Waals surface area contributed by atoms with Gasteiger partial charge in [-0.1, -0.05) is 15.9 Å². The average Bonchev–Trinajstić information content (AvgIpc) is 2.22. The second-order valence-corrected chi connectivity index (χ2v) is 4.10. The maximum atomic E-state index is 11.9. The zero-order chi connectivity index (χ0) is 11.1. The Bertz CT molecular complexity index is 307. The first kappa shape index (κ1) is 12.5. The van der Waals surface area contributed by atoms with E-state index < -0.39 is 0 Å². The molecular weight excluding hydrogens is 261 g/mol. The first-order valence-electron chi connectivity index (χ1n) is 4.95. The van der Waals surface area contributed by atoms with Crippen molar-refractivity contribution in [2.45, 2.75) is 12.8 Å². The lowest BCUT2D eigenvalue weighted by Gasteiger charge is -2.10. The lowest BCUT2D eigenvalue weighted by Crippen LogP contribution is -2.06. The zero-order valence-electron chi connectivity index (χ0n) is 8.51. The quantitative estimate of drug-likeness (QED) is 0.811. The summed E-state index contributed by atoms with van der Waals surface area (Å²) in [6.07, 6.45) is 1.20. The topological polar surface area (TPSA) is 35.2 Å². The molecule has 0 aliphatic carbocycles. The van der Waals surface area contributed by atoms with Crippen molar-refractivity contribution in [1.29, 1.82) is 0 Å². The molecule has 0 saturated heterocycles. The minimum absolute atomic E-state index is 0.344. The first-order chi connectivity index (χ1) is 7.27. The van der Waals surface area contributed by atoms with Crippen LogP contribution in [0.5, 0.6) is 5.75 Å². The van der Waals surface area contributed by atoms with E-state index in [1.54, 1.807) is 0 Å². The molecule has 0 heterocycles. The van der Waals surface area contributed by atoms with Crippen LogP contribution >= 0.6 is 15.9 Å². The average molecular weight is 276 g/mol. The van der Waals surface area contributed by atoms with E-state index in [0.717, 1.165) is 22.2 Å². The van der Waals surface area contributed by atoms with Gasteiger partial charge in [0.05, 0.1) is 13.3 Å². The van der Waals surface area contributed by atoms with Gasteiger partial charge in [0, 0.05) is 10.9 Å². The van der Waals surface area contributed by atoms with Crippen molar-refractivity contribution in [2.75, 3.05) is 19.8 Å². The molecule has 0 aromatic heterocycles. The molecule has 0 aliphatic heterocycles. The number of nitrogens with two attached hydrogens (primary N) is 1. The van der Waals surface area contributed by atoms with E-state index in [1.165, 1.54) is 0 Å². The van der Waals surface area contributed by atoms with Crippen molar-refractivity contribution < 1.29 is 9.13 Å². The van der Waals surface area contributed by atoms with Gasteiger partial charge in [-0.25, -0.2) is 0 Å². The summed E-state index contributed by atoms with van der Waals surface area (Å²) in [7, 11) is 0. The van der Waals surface area contributed by atoms with E-state index in [9.17, 15) is 4.39 Å². The van der Waals surface area contributed by atoms with E-state index in [2.05, 4.69) is 15.9 Å². The Labute approximate surface area is 97.7 Å². The second-order valence-electron chi connectivity index (χ2n) is 3.18. The van der Waals surface area contributed by atoms with Gasteiger partial charge >= 0.3 is 0 Å². The van der Waals surface area contributed by atoms with Gasteiger partial charge in [0.25, 0.3) is 0 Å². The minimum Gasteiger partial charge on any atom is -0.493 e. The summed E-state index contributed by atoms with van der Waals surface area (Å²) in [5, 5.41) is 0. The molecular formula is C11H15BrFNO. The number of hydrogen-bond donors (Lipinski definition) is 1. The van der Waals surface area contributed by atoms with E-state index in [-0.39, 0.29) is 6.67 Å². The summed E-state index contributed by atoms with van der Waals surface area (Å²) in [5.41, 5.74) is 6.56. The monoisotopic (exact) mass is 275 g/mol. The molecule has 15 heavy (non-hydrogen) atoms. The zero-order valence-corrected chi connectivity index (χ0v) is 10.1. The lowest BCUT2D eigenvalue weighted by molar-refractivity contribution is 0.287. The summed E-state index contributed by atoms with van der Waals surface area (Å²) in [4.78, 5) is 0. The van der Waals surface area contributed by atoms with Crippen molar-refractivity contribution in [1.82, 2.24) is 0 Å². The molecule has 0 radical (unpaired) electrons. The molecule has 1 aromatic rings. The molecule has 0 saturated carbocycles. The highest BCUT2D eigenvalue weighted by molar-refractivity contribution is 9.10. The highest BCUT2D eigenvalue weighted by atomic mass is 79.9. The maximum absolute atomic E-state index is 11.9. The van der Waals surface area contributed by atoms with E-state index in [0.29, 0.717) is 19.6 Å². The largest absolute Gasteiger partial charge is 0.493 e. The number of halogens is 2. The van der Waals surface area contributed by atoms with Crippen LogP contribution < -0.4 is 10.5 Å². The Balaban J connectivity index is 2.67. The first-order valence-corrected chi connectivity index (χ1v) is 5.74. The third kappa shape index (κ3) is 4.18. The molecule has 0 fully saturated rings. The summed E-state index contributed by atoms with van der Waals surface area (Å²) in [5.74, 6) is 0.803. The number of rotatable bonds is 6. The van der Waals surface area contributed by atoms with Gasteiger partial charge in [-0.15, -0.1) is 0 Å². The van der Waals surface area contributed by atoms with Crippen LogP contribution in [0.1, 0.15) is 12.0 Å². The summed E-state index contributed by atoms with van der Waals surface area (Å²) < 4.78 is 18.4. The van der Waals surface area contributed by atoms with Crippen LogP contribution in [0.3, 0.4) is 0 Å². The normalized spacial score (nSPS) is 10.3. The summed E-state index contributed by atoms with van der Waals surface area (Å²) in [6, 6.07) is 5.77. The van der Waals surface area contributed by atoms with Crippen LogP contribution in [-0.4, -0.2) is 19.8 Å². The number of hydrogen-bond acceptors (Lipinski definition) is 2. The van der Waals surface area contributed by atoms with Gasteiger partial charge in [0.2, 0.25) is 0 Å². The van der Waals surface area contributed by atoms with E-state index >= 15 is 0 Å². The van der Waals surface area contributed by atoms with Crippen LogP contribution in [0.15, 0.2) is 22.7 Å². The highest BCUT2D eigenvalue weighted by Gasteiger charge is 2.03. The van der Waals surface area contributed by atoms with Crippen molar-refractivity contribution in [2.24, 2.45) is 5.73 Å². The van der Waals surface area contributed by atoms with E-state index in [1.807, 2.05) is 18.2 Å². The summed E-state index contributed by atoms with van der Waals surface area (Å²) in [6.45, 7) is 0.647. The standard InChI is InChI=1S/C11H15BrFNO/c12-10-2-3-11(15-7-1-5-13)9(8-10)4-6-14/h2-3,8H,1,4-7,14H2. The Morgan fingerprint density at radius 2 is 2.20 bits per heavy atom. The molecule has 0 spiro atoms. The summed E-state index contributed by atoms with van der Waals surface area (Å²) >= 11 is 3.39. The Morgan fingerprint density at radius 3 is 2.87 bits per heavy atom. The van der Waals surface area contributed by atoms with Gasteiger partial charge in [0.1, 0.15) is 5.75 Å². The molecule has 4 heteroatoms. The van der Waals surface area contributed by atoms with Crippen LogP contribution in [-0.2, 0) is 6.42 Å². The van der Waals surface area contributed by atoms with Crippen molar-refractivity contribution in [3.05, 3.63) is 28.2 Å². The Kier molecular flexibility index (Phi) is 5.65. The lowest BCUT2D eigenvalue weighted by atomic mass is 10.1. The molecule has 0 aliphatic rings. The molecule has 0 unspecified atom stereocenters. The second kappa shape index (κ2) is 6.80. The van der Waals surface area contributed by atoms with Crippen LogP contribution in [0, 0.1) is 0 Å². The van der Waals surface area contributed by atoms with E-state index in [4.69, 9.17) is 10.5 Å². The SMILES string of the molecule is NCCc1cc(Br)ccc1OCCCF. The smallest absolute Gasteiger partial charge is 0.122 e. The van der Waals surface area contributed by atoms with Crippen LogP contribution in [0.2, 0.25) is 0 Å². The van der Waals surface area contributed by atoms with Crippen molar-refractivity contribution >= 4 is 15.9 Å². The van der Waals surface area contributed by atoms with Gasteiger partial charge in [-0.05, 0) is 36.7 Å². The third-order valence-corrected chi connectivity index (χ3v) is 2.46. The molecule has 0 atom stereocenters. The Hall–Kier alpha value is -0.610. The predicted octanol–water partition coefficient (Wildman–Crippen LogP) is 2.69. The number of alkyl halides is 1. The molecule has 0 bridgehead atoms. The maximum Gasteiger partial charge on any atom is 0.122 e. The molecule has 2 N–H and O–H groups in total. The van der Waals surface area contributed by atoms with Gasteiger partial charge in [0.15, 0.2) is 0 Å². The third-order valence-electron chi connectivity index (χ3n) is 1.97.